The van der Waals surface area contributed by atoms with Crippen molar-refractivity contribution in [2.24, 2.45) is 0 Å². The molecule has 0 saturated heterocycles. The van der Waals surface area contributed by atoms with Crippen LogP contribution in [0, 0.1) is 0 Å². The van der Waals surface area contributed by atoms with E-state index in [0.29, 0.717) is 17.0 Å². The van der Waals surface area contributed by atoms with Gasteiger partial charge in [0, 0.05) is 5.69 Å². The maximum absolute atomic E-state index is 12.5. The first-order valence-corrected chi connectivity index (χ1v) is 8.38. The Morgan fingerprint density at radius 3 is 2.52 bits per heavy atom. The molecule has 0 bridgehead atoms. The Bertz CT molecular complexity index is 840. The van der Waals surface area contributed by atoms with Gasteiger partial charge >= 0.3 is 11.9 Å². The van der Waals surface area contributed by atoms with Crippen molar-refractivity contribution in [1.82, 2.24) is 0 Å². The van der Waals surface area contributed by atoms with E-state index in [4.69, 9.17) is 18.9 Å². The number of hydrogen-bond acceptors (Lipinski definition) is 8. The molecule has 0 fully saturated rings. The second-order valence-corrected chi connectivity index (χ2v) is 6.86. The van der Waals surface area contributed by atoms with E-state index in [0.717, 1.165) is 0 Å². The quantitative estimate of drug-likeness (QED) is 0.739. The Labute approximate surface area is 156 Å². The van der Waals surface area contributed by atoms with Gasteiger partial charge in [-0.15, -0.1) is 0 Å². The van der Waals surface area contributed by atoms with Crippen LogP contribution in [0.4, 0.5) is 5.69 Å². The van der Waals surface area contributed by atoms with Crippen LogP contribution in [0.25, 0.3) is 0 Å². The lowest BCUT2D eigenvalue weighted by molar-refractivity contribution is -0.140. The molecule has 144 valence electrons. The van der Waals surface area contributed by atoms with Crippen molar-refractivity contribution in [3.63, 3.8) is 0 Å². The summed E-state index contributed by atoms with van der Waals surface area (Å²) in [5.74, 6) is -0.952. The minimum atomic E-state index is -0.694. The van der Waals surface area contributed by atoms with Crippen LogP contribution in [0.5, 0.6) is 5.75 Å². The van der Waals surface area contributed by atoms with Crippen LogP contribution in [-0.2, 0) is 23.8 Å². The minimum Gasteiger partial charge on any atom is -0.487 e. The summed E-state index contributed by atoms with van der Waals surface area (Å²) in [6, 6.07) is 4.99. The van der Waals surface area contributed by atoms with Gasteiger partial charge in [0.15, 0.2) is 5.78 Å². The zero-order valence-corrected chi connectivity index (χ0v) is 15.7. The van der Waals surface area contributed by atoms with Crippen LogP contribution in [0.2, 0.25) is 0 Å². The number of methoxy groups -OCH3 is 2. The molecule has 8 heteroatoms. The average Bonchev–Trinajstić information content (AvgIpc) is 2.65. The molecular formula is C19H21NO7. The molecule has 0 atom stereocenters. The predicted molar refractivity (Wildman–Crippen MR) is 94.5 cm³/mol. The zero-order valence-electron chi connectivity index (χ0n) is 15.7. The van der Waals surface area contributed by atoms with E-state index in [1.54, 1.807) is 18.2 Å². The third-order valence-electron chi connectivity index (χ3n) is 4.38. The Kier molecular flexibility index (Phi) is 4.93. The molecule has 3 rings (SSSR count). The number of nitrogens with zero attached hydrogens (tertiary/aromatic N) is 1. The molecule has 27 heavy (non-hydrogen) atoms. The van der Waals surface area contributed by atoms with Crippen molar-refractivity contribution in [3.05, 3.63) is 35.0 Å². The molecule has 0 N–H and O–H groups in total. The second kappa shape index (κ2) is 7.03. The highest BCUT2D eigenvalue weighted by molar-refractivity contribution is 6.04. The van der Waals surface area contributed by atoms with E-state index in [1.807, 2.05) is 13.8 Å². The standard InChI is InChI=1S/C19H21NO7/c1-19(2)8-14(21)12-7-11(5-6-15(12)27-19)20-10-26-9-13(17(22)24-3)16(20)18(23)25-4/h5-7H,8-10H2,1-4H3. The summed E-state index contributed by atoms with van der Waals surface area (Å²) >= 11 is 0. The molecule has 0 radical (unpaired) electrons. The van der Waals surface area contributed by atoms with Crippen molar-refractivity contribution in [2.45, 2.75) is 25.9 Å². The number of fused-ring (bicyclic) bond motifs is 1. The van der Waals surface area contributed by atoms with Crippen LogP contribution < -0.4 is 9.64 Å². The fourth-order valence-corrected chi connectivity index (χ4v) is 3.16. The summed E-state index contributed by atoms with van der Waals surface area (Å²) in [4.78, 5) is 38.4. The number of benzene rings is 1. The molecular weight excluding hydrogens is 354 g/mol. The van der Waals surface area contributed by atoms with Crippen molar-refractivity contribution >= 4 is 23.4 Å². The van der Waals surface area contributed by atoms with Crippen LogP contribution in [-0.4, -0.2) is 50.9 Å². The lowest BCUT2D eigenvalue weighted by Crippen LogP contribution is -2.39. The SMILES string of the molecule is COC(=O)C1=C(C(=O)OC)N(c2ccc3c(c2)C(=O)CC(C)(C)O3)COC1. The summed E-state index contributed by atoms with van der Waals surface area (Å²) in [6.45, 7) is 3.64. The number of carbonyl (C=O) groups excluding carboxylic acids is 3. The molecule has 0 aromatic heterocycles. The van der Waals surface area contributed by atoms with Gasteiger partial charge in [0.1, 0.15) is 23.8 Å². The number of carbonyl (C=O) groups is 3. The minimum absolute atomic E-state index is 0.0181. The van der Waals surface area contributed by atoms with Crippen molar-refractivity contribution in [1.29, 1.82) is 0 Å². The number of rotatable bonds is 3. The molecule has 0 unspecified atom stereocenters. The van der Waals surface area contributed by atoms with Gasteiger partial charge in [-0.2, -0.15) is 0 Å². The highest BCUT2D eigenvalue weighted by Gasteiger charge is 2.35. The molecule has 0 aliphatic carbocycles. The first kappa shape index (κ1) is 18.9. The maximum Gasteiger partial charge on any atom is 0.355 e. The zero-order chi connectivity index (χ0) is 19.8. The van der Waals surface area contributed by atoms with Gasteiger partial charge in [-0.1, -0.05) is 0 Å². The summed E-state index contributed by atoms with van der Waals surface area (Å²) in [7, 11) is 2.45. The van der Waals surface area contributed by atoms with Crippen molar-refractivity contribution in [2.75, 3.05) is 32.5 Å². The number of hydrogen-bond donors (Lipinski definition) is 0. The van der Waals surface area contributed by atoms with Gasteiger partial charge in [-0.25, -0.2) is 9.59 Å². The van der Waals surface area contributed by atoms with E-state index >= 15 is 0 Å². The highest BCUT2D eigenvalue weighted by atomic mass is 16.5. The Morgan fingerprint density at radius 2 is 1.85 bits per heavy atom. The maximum atomic E-state index is 12.5. The molecule has 2 aliphatic heterocycles. The fraction of sp³-hybridized carbons (Fsp3) is 0.421. The van der Waals surface area contributed by atoms with Crippen molar-refractivity contribution < 1.29 is 33.3 Å². The molecule has 0 spiro atoms. The lowest BCUT2D eigenvalue weighted by atomic mass is 9.92. The van der Waals surface area contributed by atoms with Crippen LogP contribution in [0.15, 0.2) is 29.5 Å². The van der Waals surface area contributed by atoms with Gasteiger partial charge in [-0.05, 0) is 32.0 Å². The molecule has 1 aromatic rings. The van der Waals surface area contributed by atoms with E-state index in [1.165, 1.54) is 19.1 Å². The van der Waals surface area contributed by atoms with Gasteiger partial charge in [0.05, 0.1) is 38.4 Å². The van der Waals surface area contributed by atoms with Gasteiger partial charge in [0.2, 0.25) is 0 Å². The van der Waals surface area contributed by atoms with Gasteiger partial charge < -0.3 is 23.8 Å². The second-order valence-electron chi connectivity index (χ2n) is 6.86. The van der Waals surface area contributed by atoms with Gasteiger partial charge in [0.25, 0.3) is 0 Å². The van der Waals surface area contributed by atoms with Crippen LogP contribution >= 0.6 is 0 Å². The molecule has 8 nitrogen and oxygen atoms in total. The first-order valence-electron chi connectivity index (χ1n) is 8.38. The summed E-state index contributed by atoms with van der Waals surface area (Å²) in [6.07, 6.45) is 0.243. The van der Waals surface area contributed by atoms with Crippen LogP contribution in [0.3, 0.4) is 0 Å². The third-order valence-corrected chi connectivity index (χ3v) is 4.38. The van der Waals surface area contributed by atoms with Crippen molar-refractivity contribution in [3.8, 4) is 5.75 Å². The highest BCUT2D eigenvalue weighted by Crippen LogP contribution is 2.37. The fourth-order valence-electron chi connectivity index (χ4n) is 3.16. The molecule has 2 aliphatic rings. The molecule has 0 amide bonds. The lowest BCUT2D eigenvalue weighted by Gasteiger charge is -2.34. The summed E-state index contributed by atoms with van der Waals surface area (Å²) in [5, 5.41) is 0. The molecule has 0 saturated carbocycles. The monoisotopic (exact) mass is 375 g/mol. The first-order chi connectivity index (χ1) is 12.8. The van der Waals surface area contributed by atoms with E-state index in [9.17, 15) is 14.4 Å². The Hall–Kier alpha value is -2.87. The molecule has 1 aromatic carbocycles. The third kappa shape index (κ3) is 3.52. The molecule has 2 heterocycles. The number of ether oxygens (including phenoxy) is 4. The predicted octanol–water partition coefficient (Wildman–Crippen LogP) is 1.82. The number of esters is 2. The summed E-state index contributed by atoms with van der Waals surface area (Å²) in [5.41, 5.74) is 0.430. The average molecular weight is 375 g/mol. The summed E-state index contributed by atoms with van der Waals surface area (Å²) < 4.78 is 20.9. The van der Waals surface area contributed by atoms with E-state index in [2.05, 4.69) is 0 Å². The largest absolute Gasteiger partial charge is 0.487 e. The van der Waals surface area contributed by atoms with E-state index in [-0.39, 0.29) is 36.8 Å². The number of anilines is 1. The van der Waals surface area contributed by atoms with E-state index < -0.39 is 17.5 Å². The topological polar surface area (TPSA) is 91.4 Å². The normalized spacial score (nSPS) is 18.5. The smallest absolute Gasteiger partial charge is 0.355 e. The number of Topliss-reactive ketones (excluding diaryl/α,β-unsaturated/α-hetero) is 1. The van der Waals surface area contributed by atoms with Gasteiger partial charge in [-0.3, -0.25) is 4.79 Å². The number of ketones is 1. The van der Waals surface area contributed by atoms with Crippen LogP contribution in [0.1, 0.15) is 30.6 Å². The Morgan fingerprint density at radius 1 is 1.15 bits per heavy atom. The Balaban J connectivity index is 2.07.